The Balaban J connectivity index is 1.70. The lowest BCUT2D eigenvalue weighted by Crippen LogP contribution is -2.49. The molecular formula is C23H21N3O4. The number of nitrogens with two attached hydrogens (primary N) is 1. The molecule has 0 fully saturated rings. The smallest absolute Gasteiger partial charge is 0.252 e. The molecule has 30 heavy (non-hydrogen) atoms. The Labute approximate surface area is 173 Å². The van der Waals surface area contributed by atoms with Crippen LogP contribution in [-0.2, 0) is 17.8 Å². The number of hydrogen-bond acceptors (Lipinski definition) is 5. The van der Waals surface area contributed by atoms with Gasteiger partial charge in [0.05, 0.1) is 16.9 Å². The molecule has 1 aliphatic heterocycles. The van der Waals surface area contributed by atoms with Crippen molar-refractivity contribution in [3.05, 3.63) is 83.4 Å². The molecule has 2 amide bonds. The monoisotopic (exact) mass is 403 g/mol. The van der Waals surface area contributed by atoms with Crippen molar-refractivity contribution in [1.82, 2.24) is 0 Å². The van der Waals surface area contributed by atoms with E-state index >= 15 is 0 Å². The maximum Gasteiger partial charge on any atom is 0.252 e. The van der Waals surface area contributed by atoms with Crippen LogP contribution in [-0.4, -0.2) is 28.1 Å². The van der Waals surface area contributed by atoms with Gasteiger partial charge in [0.2, 0.25) is 5.91 Å². The number of phenolic OH excluding ortho intramolecular Hbond substituents is 1. The number of nitrogens with zero attached hydrogens (tertiary/aromatic N) is 1. The number of rotatable bonds is 5. The van der Waals surface area contributed by atoms with Crippen LogP contribution in [0.1, 0.15) is 21.5 Å². The summed E-state index contributed by atoms with van der Waals surface area (Å²) in [7, 11) is 0. The fraction of sp³-hybridized carbons (Fsp3) is 0.130. The van der Waals surface area contributed by atoms with Crippen molar-refractivity contribution in [2.45, 2.75) is 19.0 Å². The minimum atomic E-state index is -0.702. The molecule has 4 rings (SSSR count). The Kier molecular flexibility index (Phi) is 5.02. The quantitative estimate of drug-likeness (QED) is 0.523. The highest BCUT2D eigenvalue weighted by molar-refractivity contribution is 6.03. The number of primary amides is 1. The molecule has 1 aliphatic rings. The molecule has 3 aromatic rings. The van der Waals surface area contributed by atoms with Crippen LogP contribution >= 0.6 is 0 Å². The van der Waals surface area contributed by atoms with E-state index < -0.39 is 11.9 Å². The number of amides is 2. The molecule has 1 heterocycles. The zero-order valence-corrected chi connectivity index (χ0v) is 16.1. The van der Waals surface area contributed by atoms with Crippen LogP contribution in [0.2, 0.25) is 0 Å². The van der Waals surface area contributed by atoms with Gasteiger partial charge < -0.3 is 26.2 Å². The van der Waals surface area contributed by atoms with Gasteiger partial charge in [0, 0.05) is 13.0 Å². The number of anilines is 2. The maximum atomic E-state index is 12.9. The molecule has 0 bridgehead atoms. The van der Waals surface area contributed by atoms with Crippen molar-refractivity contribution >= 4 is 23.2 Å². The van der Waals surface area contributed by atoms with Gasteiger partial charge in [-0.25, -0.2) is 0 Å². The zero-order valence-electron chi connectivity index (χ0n) is 16.1. The minimum absolute atomic E-state index is 0.0520. The number of carbonyl (C=O) groups excluding carboxylic acids is 2. The van der Waals surface area contributed by atoms with Crippen molar-refractivity contribution in [3.8, 4) is 11.5 Å². The second-order valence-corrected chi connectivity index (χ2v) is 7.24. The largest absolute Gasteiger partial charge is 0.508 e. The molecule has 1 atom stereocenters. The molecule has 0 radical (unpaired) electrons. The fourth-order valence-electron chi connectivity index (χ4n) is 3.69. The summed E-state index contributed by atoms with van der Waals surface area (Å²) in [6, 6.07) is 18.5. The first kappa shape index (κ1) is 19.3. The molecule has 0 aromatic heterocycles. The van der Waals surface area contributed by atoms with Gasteiger partial charge in [-0.3, -0.25) is 9.59 Å². The van der Waals surface area contributed by atoms with Gasteiger partial charge in [-0.1, -0.05) is 30.3 Å². The Morgan fingerprint density at radius 3 is 2.40 bits per heavy atom. The molecule has 1 unspecified atom stereocenters. The molecule has 0 saturated carbocycles. The van der Waals surface area contributed by atoms with Crippen LogP contribution in [0.5, 0.6) is 11.5 Å². The highest BCUT2D eigenvalue weighted by Gasteiger charge is 2.33. The predicted molar refractivity (Wildman–Crippen MR) is 113 cm³/mol. The second kappa shape index (κ2) is 7.79. The molecule has 0 aliphatic carbocycles. The van der Waals surface area contributed by atoms with Gasteiger partial charge >= 0.3 is 0 Å². The van der Waals surface area contributed by atoms with E-state index in [1.165, 1.54) is 12.1 Å². The van der Waals surface area contributed by atoms with Gasteiger partial charge in [-0.15, -0.1) is 0 Å². The summed E-state index contributed by atoms with van der Waals surface area (Å²) in [4.78, 5) is 26.3. The zero-order chi connectivity index (χ0) is 21.3. The lowest BCUT2D eigenvalue weighted by atomic mass is 9.98. The topological polar surface area (TPSA) is 116 Å². The fourth-order valence-corrected chi connectivity index (χ4v) is 3.69. The van der Waals surface area contributed by atoms with Crippen molar-refractivity contribution in [1.29, 1.82) is 0 Å². The van der Waals surface area contributed by atoms with Gasteiger partial charge in [-0.2, -0.15) is 0 Å². The molecular weight excluding hydrogens is 382 g/mol. The SMILES string of the molecule is NC(=O)c1ccc(CN2c3ccccc3NC(=O)C2Cc2ccc(O)cc2)cc1O. The van der Waals surface area contributed by atoms with Gasteiger partial charge in [0.1, 0.15) is 17.5 Å². The summed E-state index contributed by atoms with van der Waals surface area (Å²) in [6.45, 7) is 0.347. The van der Waals surface area contributed by atoms with Crippen molar-refractivity contribution in [2.24, 2.45) is 5.73 Å². The average molecular weight is 403 g/mol. The maximum absolute atomic E-state index is 12.9. The Morgan fingerprint density at radius 1 is 1.00 bits per heavy atom. The lowest BCUT2D eigenvalue weighted by molar-refractivity contribution is -0.117. The average Bonchev–Trinajstić information content (AvgIpc) is 2.71. The first-order valence-corrected chi connectivity index (χ1v) is 9.48. The molecule has 7 nitrogen and oxygen atoms in total. The normalized spacial score (nSPS) is 15.4. The number of benzene rings is 3. The summed E-state index contributed by atoms with van der Waals surface area (Å²) in [6.07, 6.45) is 0.436. The summed E-state index contributed by atoms with van der Waals surface area (Å²) in [5.74, 6) is -0.865. The summed E-state index contributed by atoms with van der Waals surface area (Å²) >= 11 is 0. The number of para-hydroxylation sites is 2. The van der Waals surface area contributed by atoms with Gasteiger partial charge in [-0.05, 0) is 47.5 Å². The third kappa shape index (κ3) is 3.77. The van der Waals surface area contributed by atoms with Crippen LogP contribution in [0.4, 0.5) is 11.4 Å². The summed E-state index contributed by atoms with van der Waals surface area (Å²) in [5.41, 5.74) is 8.53. The third-order valence-electron chi connectivity index (χ3n) is 5.20. The number of phenols is 2. The standard InChI is InChI=1S/C23H21N3O4/c24-22(29)17-10-7-15(12-21(17)28)13-26-19-4-2-1-3-18(19)25-23(30)20(26)11-14-5-8-16(27)9-6-14/h1-10,12,20,27-28H,11,13H2,(H2,24,29)(H,25,30). The highest BCUT2D eigenvalue weighted by Crippen LogP contribution is 2.34. The highest BCUT2D eigenvalue weighted by atomic mass is 16.3. The number of hydrogen-bond donors (Lipinski definition) is 4. The van der Waals surface area contributed by atoms with Gasteiger partial charge in [0.25, 0.3) is 5.91 Å². The van der Waals surface area contributed by atoms with E-state index in [-0.39, 0.29) is 23.0 Å². The molecule has 7 heteroatoms. The Morgan fingerprint density at radius 2 is 1.70 bits per heavy atom. The second-order valence-electron chi connectivity index (χ2n) is 7.24. The van der Waals surface area contributed by atoms with Crippen LogP contribution in [0.15, 0.2) is 66.7 Å². The number of carbonyl (C=O) groups is 2. The number of fused-ring (bicyclic) bond motifs is 1. The molecule has 3 aromatic carbocycles. The van der Waals surface area contributed by atoms with E-state index in [0.717, 1.165) is 16.8 Å². The minimum Gasteiger partial charge on any atom is -0.508 e. The van der Waals surface area contributed by atoms with Crippen LogP contribution in [0, 0.1) is 0 Å². The first-order valence-electron chi connectivity index (χ1n) is 9.48. The van der Waals surface area contributed by atoms with Crippen molar-refractivity contribution in [2.75, 3.05) is 10.2 Å². The van der Waals surface area contributed by atoms with E-state index in [4.69, 9.17) is 5.73 Å². The summed E-state index contributed by atoms with van der Waals surface area (Å²) in [5, 5.41) is 22.6. The van der Waals surface area contributed by atoms with E-state index in [1.807, 2.05) is 29.2 Å². The Bertz CT molecular complexity index is 1110. The van der Waals surface area contributed by atoms with Crippen LogP contribution in [0.3, 0.4) is 0 Å². The number of nitrogens with one attached hydrogen (secondary N) is 1. The van der Waals surface area contributed by atoms with E-state index in [0.29, 0.717) is 18.7 Å². The van der Waals surface area contributed by atoms with E-state index in [1.54, 1.807) is 30.3 Å². The first-order chi connectivity index (χ1) is 14.4. The van der Waals surface area contributed by atoms with Crippen LogP contribution < -0.4 is 16.0 Å². The van der Waals surface area contributed by atoms with Crippen molar-refractivity contribution < 1.29 is 19.8 Å². The van der Waals surface area contributed by atoms with E-state index in [2.05, 4.69) is 5.32 Å². The molecule has 0 saturated heterocycles. The predicted octanol–water partition coefficient (Wildman–Crippen LogP) is 2.77. The number of aromatic hydroxyl groups is 2. The molecule has 152 valence electrons. The summed E-state index contributed by atoms with van der Waals surface area (Å²) < 4.78 is 0. The van der Waals surface area contributed by atoms with Crippen molar-refractivity contribution in [3.63, 3.8) is 0 Å². The Hall–Kier alpha value is -4.00. The van der Waals surface area contributed by atoms with E-state index in [9.17, 15) is 19.8 Å². The lowest BCUT2D eigenvalue weighted by Gasteiger charge is -2.38. The van der Waals surface area contributed by atoms with Crippen LogP contribution in [0.25, 0.3) is 0 Å². The molecule has 5 N–H and O–H groups in total. The molecule has 0 spiro atoms. The third-order valence-corrected chi connectivity index (χ3v) is 5.20. The van der Waals surface area contributed by atoms with Gasteiger partial charge in [0.15, 0.2) is 0 Å².